The summed E-state index contributed by atoms with van der Waals surface area (Å²) in [6.07, 6.45) is 0.734. The maximum absolute atomic E-state index is 10.9. The van der Waals surface area contributed by atoms with Gasteiger partial charge in [-0.2, -0.15) is 0 Å². The van der Waals surface area contributed by atoms with Gasteiger partial charge in [-0.05, 0) is 6.07 Å². The zero-order valence-electron chi connectivity index (χ0n) is 10.4. The van der Waals surface area contributed by atoms with E-state index in [4.69, 9.17) is 0 Å². The van der Waals surface area contributed by atoms with Crippen LogP contribution < -0.4 is 0 Å². The molecule has 1 aromatic carbocycles. The van der Waals surface area contributed by atoms with Crippen molar-refractivity contribution in [2.45, 2.75) is 38.8 Å². The summed E-state index contributed by atoms with van der Waals surface area (Å²) in [6.45, 7) is 3.45. The van der Waals surface area contributed by atoms with Gasteiger partial charge < -0.3 is 0 Å². The smallest absolute Gasteiger partial charge is 0.237 e. The molecule has 0 amide bonds. The molecular formula is C12H16N2O4. The van der Waals surface area contributed by atoms with E-state index in [0.29, 0.717) is 24.0 Å². The van der Waals surface area contributed by atoms with Crippen LogP contribution in [0.4, 0.5) is 0 Å². The van der Waals surface area contributed by atoms with Gasteiger partial charge in [-0.15, -0.1) is 0 Å². The Morgan fingerprint density at radius 1 is 1.00 bits per heavy atom. The summed E-state index contributed by atoms with van der Waals surface area (Å²) in [5.41, 5.74) is 1.06. The van der Waals surface area contributed by atoms with Gasteiger partial charge in [0.25, 0.3) is 0 Å². The predicted molar refractivity (Wildman–Crippen MR) is 66.5 cm³/mol. The topological polar surface area (TPSA) is 86.3 Å². The molecule has 0 saturated heterocycles. The molecule has 6 heteroatoms. The molecule has 0 aliphatic carbocycles. The van der Waals surface area contributed by atoms with E-state index in [-0.39, 0.29) is 9.85 Å². The minimum atomic E-state index is -0.797. The average Bonchev–Trinajstić information content (AvgIpc) is 2.30. The molecule has 0 aliphatic heterocycles. The van der Waals surface area contributed by atoms with E-state index in [1.165, 1.54) is 0 Å². The highest BCUT2D eigenvalue weighted by Crippen LogP contribution is 2.26. The molecular weight excluding hydrogens is 236 g/mol. The molecule has 0 radical (unpaired) electrons. The van der Waals surface area contributed by atoms with Crippen molar-refractivity contribution >= 4 is 0 Å². The van der Waals surface area contributed by atoms with Crippen molar-refractivity contribution in [1.82, 2.24) is 0 Å². The van der Waals surface area contributed by atoms with E-state index >= 15 is 0 Å². The van der Waals surface area contributed by atoms with Crippen molar-refractivity contribution in [2.75, 3.05) is 0 Å². The van der Waals surface area contributed by atoms with Gasteiger partial charge >= 0.3 is 0 Å². The second-order valence-corrected chi connectivity index (χ2v) is 4.09. The minimum Gasteiger partial charge on any atom is -0.264 e. The summed E-state index contributed by atoms with van der Waals surface area (Å²) in [5, 5.41) is 21.8. The SMILES string of the molecule is CCC(c1cccc(C(CC)[N+](=O)[O-])c1)[N+](=O)[O-]. The Labute approximate surface area is 105 Å². The first-order valence-electron chi connectivity index (χ1n) is 5.88. The number of hydrogen-bond acceptors (Lipinski definition) is 4. The Bertz CT molecular complexity index is 410. The quantitative estimate of drug-likeness (QED) is 0.574. The highest BCUT2D eigenvalue weighted by Gasteiger charge is 2.24. The Hall–Kier alpha value is -1.98. The summed E-state index contributed by atoms with van der Waals surface area (Å²) < 4.78 is 0. The molecule has 18 heavy (non-hydrogen) atoms. The molecule has 0 spiro atoms. The van der Waals surface area contributed by atoms with Gasteiger partial charge in [0.1, 0.15) is 0 Å². The van der Waals surface area contributed by atoms with Crippen LogP contribution in [0.3, 0.4) is 0 Å². The van der Waals surface area contributed by atoms with Crippen LogP contribution in [0.5, 0.6) is 0 Å². The molecule has 0 heterocycles. The van der Waals surface area contributed by atoms with Crippen LogP contribution in [-0.4, -0.2) is 9.85 Å². The zero-order chi connectivity index (χ0) is 13.7. The largest absolute Gasteiger partial charge is 0.264 e. The summed E-state index contributed by atoms with van der Waals surface area (Å²) in [5.74, 6) is 0. The van der Waals surface area contributed by atoms with Crippen LogP contribution in [0.15, 0.2) is 24.3 Å². The molecule has 0 fully saturated rings. The lowest BCUT2D eigenvalue weighted by atomic mass is 9.98. The van der Waals surface area contributed by atoms with Gasteiger partial charge in [0.05, 0.1) is 0 Å². The Morgan fingerprint density at radius 2 is 1.39 bits per heavy atom. The third kappa shape index (κ3) is 3.03. The van der Waals surface area contributed by atoms with Crippen molar-refractivity contribution < 1.29 is 9.85 Å². The summed E-state index contributed by atoms with van der Waals surface area (Å²) in [4.78, 5) is 21.1. The second-order valence-electron chi connectivity index (χ2n) is 4.09. The Balaban J connectivity index is 3.12. The molecule has 0 bridgehead atoms. The van der Waals surface area contributed by atoms with E-state index in [1.54, 1.807) is 38.1 Å². The van der Waals surface area contributed by atoms with Gasteiger partial charge in [0.2, 0.25) is 12.1 Å². The minimum absolute atomic E-state index is 0.355. The van der Waals surface area contributed by atoms with E-state index in [0.717, 1.165) is 0 Å². The lowest BCUT2D eigenvalue weighted by molar-refractivity contribution is -0.531. The van der Waals surface area contributed by atoms with Gasteiger partial charge in [-0.1, -0.05) is 32.0 Å². The van der Waals surface area contributed by atoms with E-state index in [1.807, 2.05) is 0 Å². The lowest BCUT2D eigenvalue weighted by Gasteiger charge is -2.11. The van der Waals surface area contributed by atoms with E-state index < -0.39 is 12.1 Å². The van der Waals surface area contributed by atoms with Crippen LogP contribution in [0, 0.1) is 20.2 Å². The summed E-state index contributed by atoms with van der Waals surface area (Å²) in [6, 6.07) is 4.92. The number of nitrogens with zero attached hydrogens (tertiary/aromatic N) is 2. The molecule has 98 valence electrons. The first kappa shape index (κ1) is 14.1. The normalized spacial score (nSPS) is 13.9. The number of rotatable bonds is 6. The predicted octanol–water partition coefficient (Wildman–Crippen LogP) is 3.14. The third-order valence-electron chi connectivity index (χ3n) is 2.96. The lowest BCUT2D eigenvalue weighted by Crippen LogP contribution is -2.12. The first-order valence-corrected chi connectivity index (χ1v) is 5.88. The first-order chi connectivity index (χ1) is 8.51. The van der Waals surface area contributed by atoms with Crippen molar-refractivity contribution in [2.24, 2.45) is 0 Å². The Kier molecular flexibility index (Phi) is 4.76. The van der Waals surface area contributed by atoms with E-state index in [9.17, 15) is 20.2 Å². The van der Waals surface area contributed by atoms with Crippen LogP contribution in [0.1, 0.15) is 49.9 Å². The standard InChI is InChI=1S/C12H16N2O4/c1-3-11(13(15)16)9-6-5-7-10(8-9)12(4-2)14(17)18/h5-8,11-12H,3-4H2,1-2H3. The van der Waals surface area contributed by atoms with Crippen molar-refractivity contribution in [1.29, 1.82) is 0 Å². The van der Waals surface area contributed by atoms with Crippen molar-refractivity contribution in [3.05, 3.63) is 55.6 Å². The third-order valence-corrected chi connectivity index (χ3v) is 2.96. The number of nitro groups is 2. The van der Waals surface area contributed by atoms with Gasteiger partial charge in [0.15, 0.2) is 0 Å². The van der Waals surface area contributed by atoms with Crippen molar-refractivity contribution in [3.63, 3.8) is 0 Å². The number of benzene rings is 1. The maximum atomic E-state index is 10.9. The molecule has 2 unspecified atom stereocenters. The number of hydrogen-bond donors (Lipinski definition) is 0. The summed E-state index contributed by atoms with van der Waals surface area (Å²) >= 11 is 0. The van der Waals surface area contributed by atoms with Gasteiger partial charge in [-0.3, -0.25) is 20.2 Å². The maximum Gasteiger partial charge on any atom is 0.237 e. The average molecular weight is 252 g/mol. The zero-order valence-corrected chi connectivity index (χ0v) is 10.4. The second kappa shape index (κ2) is 6.09. The fourth-order valence-electron chi connectivity index (χ4n) is 1.99. The monoisotopic (exact) mass is 252 g/mol. The fourth-order valence-corrected chi connectivity index (χ4v) is 1.99. The molecule has 0 saturated carbocycles. The van der Waals surface area contributed by atoms with Crippen LogP contribution in [-0.2, 0) is 0 Å². The van der Waals surface area contributed by atoms with Gasteiger partial charge in [0, 0.05) is 33.8 Å². The van der Waals surface area contributed by atoms with Crippen LogP contribution in [0.25, 0.3) is 0 Å². The molecule has 1 rings (SSSR count). The molecule has 1 aromatic rings. The molecule has 2 atom stereocenters. The molecule has 6 nitrogen and oxygen atoms in total. The highest BCUT2D eigenvalue weighted by molar-refractivity contribution is 5.26. The fraction of sp³-hybridized carbons (Fsp3) is 0.500. The van der Waals surface area contributed by atoms with Gasteiger partial charge in [-0.25, -0.2) is 0 Å². The summed E-state index contributed by atoms with van der Waals surface area (Å²) in [7, 11) is 0. The van der Waals surface area contributed by atoms with Crippen LogP contribution >= 0.6 is 0 Å². The highest BCUT2D eigenvalue weighted by atomic mass is 16.6. The molecule has 0 aliphatic rings. The molecule has 0 aromatic heterocycles. The van der Waals surface area contributed by atoms with E-state index in [2.05, 4.69) is 0 Å². The van der Waals surface area contributed by atoms with Crippen molar-refractivity contribution in [3.8, 4) is 0 Å². The van der Waals surface area contributed by atoms with Crippen LogP contribution in [0.2, 0.25) is 0 Å². The molecule has 0 N–H and O–H groups in total. The Morgan fingerprint density at radius 3 is 1.67 bits per heavy atom.